The molecule has 0 bridgehead atoms. The topological polar surface area (TPSA) is 26.3 Å². The van der Waals surface area contributed by atoms with Crippen LogP contribution in [0.3, 0.4) is 0 Å². The zero-order valence-electron chi connectivity index (χ0n) is 14.6. The maximum absolute atomic E-state index is 14.3. The lowest BCUT2D eigenvalue weighted by molar-refractivity contribution is -0.138. The normalized spacial score (nSPS) is 18.5. The number of ether oxygens (including phenoxy) is 1. The molecule has 2 aromatic carbocycles. The standard InChI is InChI=1S/C20H18F4O2/c1-19(2)10-14(11-6-4-5-7-15(11)20(22,23)24)12-8-13(18(25)26-3)17(21)9-16(12)19/h4-9,14H,10H2,1-3H3. The van der Waals surface area contributed by atoms with Gasteiger partial charge in [0.05, 0.1) is 18.2 Å². The summed E-state index contributed by atoms with van der Waals surface area (Å²) in [6.07, 6.45) is -4.10. The summed E-state index contributed by atoms with van der Waals surface area (Å²) in [5, 5.41) is 0. The summed E-state index contributed by atoms with van der Waals surface area (Å²) >= 11 is 0. The predicted octanol–water partition coefficient (Wildman–Crippen LogP) is 5.44. The molecule has 6 heteroatoms. The van der Waals surface area contributed by atoms with Gasteiger partial charge in [-0.15, -0.1) is 0 Å². The lowest BCUT2D eigenvalue weighted by Crippen LogP contribution is -2.15. The first-order valence-electron chi connectivity index (χ1n) is 8.14. The van der Waals surface area contributed by atoms with Crippen LogP contribution in [0.1, 0.15) is 58.8 Å². The van der Waals surface area contributed by atoms with Crippen molar-refractivity contribution in [3.8, 4) is 0 Å². The van der Waals surface area contributed by atoms with Crippen LogP contribution in [0.5, 0.6) is 0 Å². The molecule has 0 amide bonds. The molecule has 0 heterocycles. The summed E-state index contributed by atoms with van der Waals surface area (Å²) in [4.78, 5) is 11.8. The first-order valence-corrected chi connectivity index (χ1v) is 8.14. The molecule has 0 spiro atoms. The average Bonchev–Trinajstić information content (AvgIpc) is 2.83. The minimum atomic E-state index is -4.49. The van der Waals surface area contributed by atoms with E-state index in [1.807, 2.05) is 13.8 Å². The van der Waals surface area contributed by atoms with Gasteiger partial charge in [0, 0.05) is 5.92 Å². The van der Waals surface area contributed by atoms with Crippen LogP contribution in [0.4, 0.5) is 17.6 Å². The van der Waals surface area contributed by atoms with E-state index in [9.17, 15) is 22.4 Å². The van der Waals surface area contributed by atoms with Gasteiger partial charge in [-0.05, 0) is 46.7 Å². The Morgan fingerprint density at radius 1 is 1.15 bits per heavy atom. The quantitative estimate of drug-likeness (QED) is 0.522. The van der Waals surface area contributed by atoms with Crippen molar-refractivity contribution in [2.45, 2.75) is 37.8 Å². The largest absolute Gasteiger partial charge is 0.465 e. The minimum absolute atomic E-state index is 0.134. The summed E-state index contributed by atoms with van der Waals surface area (Å²) in [5.41, 5.74) is -0.211. The average molecular weight is 366 g/mol. The van der Waals surface area contributed by atoms with Crippen molar-refractivity contribution >= 4 is 5.97 Å². The van der Waals surface area contributed by atoms with E-state index in [-0.39, 0.29) is 11.1 Å². The first-order chi connectivity index (χ1) is 12.1. The molecule has 0 saturated heterocycles. The summed E-state index contributed by atoms with van der Waals surface area (Å²) in [6.45, 7) is 3.72. The van der Waals surface area contributed by atoms with Crippen molar-refractivity contribution < 1.29 is 27.1 Å². The molecule has 0 radical (unpaired) electrons. The lowest BCUT2D eigenvalue weighted by Gasteiger charge is -2.21. The molecule has 0 fully saturated rings. The molecule has 2 nitrogen and oxygen atoms in total. The molecule has 1 aliphatic carbocycles. The number of methoxy groups -OCH3 is 1. The van der Waals surface area contributed by atoms with Gasteiger partial charge in [0.15, 0.2) is 0 Å². The SMILES string of the molecule is COC(=O)c1cc2c(cc1F)C(C)(C)CC2c1ccccc1C(F)(F)F. The molecule has 0 saturated carbocycles. The zero-order chi connectivity index (χ0) is 19.3. The summed E-state index contributed by atoms with van der Waals surface area (Å²) in [7, 11) is 1.13. The van der Waals surface area contributed by atoms with E-state index in [1.54, 1.807) is 6.07 Å². The molecule has 26 heavy (non-hydrogen) atoms. The summed E-state index contributed by atoms with van der Waals surface area (Å²) in [6, 6.07) is 7.98. The van der Waals surface area contributed by atoms with Gasteiger partial charge in [0.2, 0.25) is 0 Å². The van der Waals surface area contributed by atoms with Gasteiger partial charge in [-0.1, -0.05) is 32.0 Å². The Balaban J connectivity index is 2.22. The monoisotopic (exact) mass is 366 g/mol. The second kappa shape index (κ2) is 6.11. The molecular weight excluding hydrogens is 348 g/mol. The molecule has 0 N–H and O–H groups in total. The number of halogens is 4. The molecule has 1 aliphatic rings. The number of carbonyl (C=O) groups is 1. The predicted molar refractivity (Wildman–Crippen MR) is 88.7 cm³/mol. The van der Waals surface area contributed by atoms with Gasteiger partial charge >= 0.3 is 12.1 Å². The Morgan fingerprint density at radius 3 is 2.42 bits per heavy atom. The Kier molecular flexibility index (Phi) is 4.33. The van der Waals surface area contributed by atoms with Crippen LogP contribution in [0.15, 0.2) is 36.4 Å². The zero-order valence-corrected chi connectivity index (χ0v) is 14.6. The number of esters is 1. The Labute approximate surface area is 148 Å². The van der Waals surface area contributed by atoms with Crippen molar-refractivity contribution in [1.82, 2.24) is 0 Å². The fourth-order valence-electron chi connectivity index (χ4n) is 3.80. The van der Waals surface area contributed by atoms with Crippen LogP contribution in [0.25, 0.3) is 0 Å². The third-order valence-corrected chi connectivity index (χ3v) is 5.01. The van der Waals surface area contributed by atoms with Crippen LogP contribution in [0.2, 0.25) is 0 Å². The first kappa shape index (κ1) is 18.4. The smallest absolute Gasteiger partial charge is 0.416 e. The van der Waals surface area contributed by atoms with Crippen LogP contribution in [-0.2, 0) is 16.3 Å². The molecule has 2 aromatic rings. The highest BCUT2D eigenvalue weighted by molar-refractivity contribution is 5.90. The number of alkyl halides is 3. The van der Waals surface area contributed by atoms with E-state index in [2.05, 4.69) is 4.74 Å². The van der Waals surface area contributed by atoms with Gasteiger partial charge in [-0.2, -0.15) is 13.2 Å². The maximum Gasteiger partial charge on any atom is 0.416 e. The molecule has 1 unspecified atom stereocenters. The minimum Gasteiger partial charge on any atom is -0.465 e. The number of hydrogen-bond donors (Lipinski definition) is 0. The van der Waals surface area contributed by atoms with Crippen LogP contribution in [0, 0.1) is 5.82 Å². The van der Waals surface area contributed by atoms with Gasteiger partial charge in [0.25, 0.3) is 0 Å². The van der Waals surface area contributed by atoms with Crippen LogP contribution >= 0.6 is 0 Å². The number of fused-ring (bicyclic) bond motifs is 1. The Hall–Kier alpha value is -2.37. The second-order valence-electron chi connectivity index (χ2n) is 7.14. The van der Waals surface area contributed by atoms with Crippen molar-refractivity contribution in [3.05, 3.63) is 70.0 Å². The number of rotatable bonds is 2. The maximum atomic E-state index is 14.3. The Morgan fingerprint density at radius 2 is 1.81 bits per heavy atom. The summed E-state index contributed by atoms with van der Waals surface area (Å²) in [5.74, 6) is -2.16. The van der Waals surface area contributed by atoms with Crippen molar-refractivity contribution in [1.29, 1.82) is 0 Å². The third kappa shape index (κ3) is 2.97. The molecular formula is C20H18F4O2. The molecule has 1 atom stereocenters. The third-order valence-electron chi connectivity index (χ3n) is 5.01. The van der Waals surface area contributed by atoms with E-state index in [1.165, 1.54) is 24.3 Å². The second-order valence-corrected chi connectivity index (χ2v) is 7.14. The Bertz CT molecular complexity index is 869. The number of carbonyl (C=O) groups excluding carboxylic acids is 1. The van der Waals surface area contributed by atoms with Crippen molar-refractivity contribution in [3.63, 3.8) is 0 Å². The van der Waals surface area contributed by atoms with E-state index in [0.717, 1.165) is 13.2 Å². The van der Waals surface area contributed by atoms with E-state index < -0.39 is 34.9 Å². The van der Waals surface area contributed by atoms with Gasteiger partial charge in [-0.3, -0.25) is 0 Å². The number of hydrogen-bond acceptors (Lipinski definition) is 2. The van der Waals surface area contributed by atoms with Crippen LogP contribution in [-0.4, -0.2) is 13.1 Å². The van der Waals surface area contributed by atoms with Crippen molar-refractivity contribution in [2.24, 2.45) is 0 Å². The fourth-order valence-corrected chi connectivity index (χ4v) is 3.80. The van der Waals surface area contributed by atoms with E-state index in [4.69, 9.17) is 0 Å². The van der Waals surface area contributed by atoms with Gasteiger partial charge < -0.3 is 4.74 Å². The number of benzene rings is 2. The molecule has 3 rings (SSSR count). The molecule has 0 aliphatic heterocycles. The molecule has 138 valence electrons. The van der Waals surface area contributed by atoms with E-state index in [0.29, 0.717) is 17.5 Å². The fraction of sp³-hybridized carbons (Fsp3) is 0.350. The highest BCUT2D eigenvalue weighted by Crippen LogP contribution is 2.51. The molecule has 0 aromatic heterocycles. The summed E-state index contributed by atoms with van der Waals surface area (Å²) < 4.78 is 59.3. The highest BCUT2D eigenvalue weighted by atomic mass is 19.4. The van der Waals surface area contributed by atoms with Gasteiger partial charge in [-0.25, -0.2) is 9.18 Å². The van der Waals surface area contributed by atoms with Crippen LogP contribution < -0.4 is 0 Å². The highest BCUT2D eigenvalue weighted by Gasteiger charge is 2.43. The lowest BCUT2D eigenvalue weighted by atomic mass is 9.84. The van der Waals surface area contributed by atoms with Gasteiger partial charge in [0.1, 0.15) is 5.82 Å². The van der Waals surface area contributed by atoms with Crippen molar-refractivity contribution in [2.75, 3.05) is 7.11 Å². The van der Waals surface area contributed by atoms with E-state index >= 15 is 0 Å².